The largest absolute Gasteiger partial charge is 0.342 e. The molecule has 4 aromatic rings. The SMILES string of the molecule is Cc1cc(-c2ncc(CNC(=O)n3cc(-c4cncnc4)cn3)cc2C)ccn1. The summed E-state index contributed by atoms with van der Waals surface area (Å²) < 4.78 is 1.26. The van der Waals surface area contributed by atoms with Crippen LogP contribution in [0.25, 0.3) is 22.4 Å². The van der Waals surface area contributed by atoms with Crippen LogP contribution >= 0.6 is 0 Å². The third kappa shape index (κ3) is 4.16. The van der Waals surface area contributed by atoms with Crippen molar-refractivity contribution in [2.75, 3.05) is 0 Å². The Kier molecular flexibility index (Phi) is 5.07. The summed E-state index contributed by atoms with van der Waals surface area (Å²) in [4.78, 5) is 29.1. The van der Waals surface area contributed by atoms with Gasteiger partial charge in [-0.05, 0) is 37.1 Å². The molecule has 4 heterocycles. The first-order valence-corrected chi connectivity index (χ1v) is 9.07. The molecule has 0 spiro atoms. The quantitative estimate of drug-likeness (QED) is 0.579. The van der Waals surface area contributed by atoms with Crippen LogP contribution in [0.4, 0.5) is 4.79 Å². The van der Waals surface area contributed by atoms with Crippen molar-refractivity contribution in [2.45, 2.75) is 20.4 Å². The Bertz CT molecular complexity index is 1150. The van der Waals surface area contributed by atoms with E-state index in [4.69, 9.17) is 0 Å². The lowest BCUT2D eigenvalue weighted by Gasteiger charge is -2.09. The van der Waals surface area contributed by atoms with Crippen molar-refractivity contribution in [3.05, 3.63) is 78.5 Å². The second kappa shape index (κ2) is 7.97. The van der Waals surface area contributed by atoms with Gasteiger partial charge in [-0.2, -0.15) is 9.78 Å². The van der Waals surface area contributed by atoms with Crippen molar-refractivity contribution in [1.82, 2.24) is 35.0 Å². The van der Waals surface area contributed by atoms with Crippen molar-refractivity contribution in [3.8, 4) is 22.4 Å². The molecule has 8 heteroatoms. The van der Waals surface area contributed by atoms with Gasteiger partial charge in [0.1, 0.15) is 6.33 Å². The van der Waals surface area contributed by atoms with Gasteiger partial charge >= 0.3 is 6.03 Å². The zero-order valence-electron chi connectivity index (χ0n) is 16.1. The zero-order chi connectivity index (χ0) is 20.2. The molecule has 0 radical (unpaired) electrons. The topological polar surface area (TPSA) is 98.5 Å². The molecule has 1 N–H and O–H groups in total. The van der Waals surface area contributed by atoms with Crippen LogP contribution in [0.3, 0.4) is 0 Å². The van der Waals surface area contributed by atoms with Crippen LogP contribution in [0.1, 0.15) is 16.8 Å². The van der Waals surface area contributed by atoms with Gasteiger partial charge in [0.2, 0.25) is 0 Å². The number of hydrogen-bond donors (Lipinski definition) is 1. The van der Waals surface area contributed by atoms with Gasteiger partial charge in [-0.25, -0.2) is 14.8 Å². The maximum absolute atomic E-state index is 12.4. The molecule has 0 aliphatic heterocycles. The molecule has 4 rings (SSSR count). The molecule has 0 atom stereocenters. The normalized spacial score (nSPS) is 10.7. The summed E-state index contributed by atoms with van der Waals surface area (Å²) in [5.74, 6) is 0. The van der Waals surface area contributed by atoms with Crippen LogP contribution in [-0.2, 0) is 6.54 Å². The highest BCUT2D eigenvalue weighted by Gasteiger charge is 2.10. The number of nitrogens with one attached hydrogen (secondary N) is 1. The molecule has 8 nitrogen and oxygen atoms in total. The summed E-state index contributed by atoms with van der Waals surface area (Å²) in [5.41, 5.74) is 6.40. The Labute approximate surface area is 167 Å². The average molecular weight is 385 g/mol. The number of aromatic nitrogens is 6. The molecule has 4 aromatic heterocycles. The van der Waals surface area contributed by atoms with Gasteiger partial charge < -0.3 is 5.32 Å². The third-order valence-corrected chi connectivity index (χ3v) is 4.43. The van der Waals surface area contributed by atoms with E-state index >= 15 is 0 Å². The van der Waals surface area contributed by atoms with Crippen molar-refractivity contribution < 1.29 is 4.79 Å². The van der Waals surface area contributed by atoms with E-state index in [2.05, 4.69) is 30.4 Å². The first kappa shape index (κ1) is 18.4. The monoisotopic (exact) mass is 385 g/mol. The Morgan fingerprint density at radius 3 is 2.59 bits per heavy atom. The lowest BCUT2D eigenvalue weighted by atomic mass is 10.1. The van der Waals surface area contributed by atoms with Crippen molar-refractivity contribution in [3.63, 3.8) is 0 Å². The Balaban J connectivity index is 1.43. The van der Waals surface area contributed by atoms with Crippen molar-refractivity contribution in [1.29, 1.82) is 0 Å². The minimum absolute atomic E-state index is 0.320. The van der Waals surface area contributed by atoms with E-state index in [1.165, 1.54) is 11.0 Å². The fraction of sp³-hybridized carbons (Fsp3) is 0.143. The van der Waals surface area contributed by atoms with Crippen LogP contribution in [0, 0.1) is 13.8 Å². The van der Waals surface area contributed by atoms with E-state index in [0.29, 0.717) is 6.54 Å². The van der Waals surface area contributed by atoms with E-state index in [9.17, 15) is 4.79 Å². The fourth-order valence-electron chi connectivity index (χ4n) is 3.01. The predicted molar refractivity (Wildman–Crippen MR) is 108 cm³/mol. The number of carbonyl (C=O) groups excluding carboxylic acids is 1. The summed E-state index contributed by atoms with van der Waals surface area (Å²) >= 11 is 0. The van der Waals surface area contributed by atoms with Gasteiger partial charge in [-0.3, -0.25) is 9.97 Å². The molecular weight excluding hydrogens is 366 g/mol. The highest BCUT2D eigenvalue weighted by Crippen LogP contribution is 2.21. The molecule has 0 bridgehead atoms. The maximum Gasteiger partial charge on any atom is 0.342 e. The third-order valence-electron chi connectivity index (χ3n) is 4.43. The molecule has 0 aliphatic rings. The number of hydrogen-bond acceptors (Lipinski definition) is 6. The van der Waals surface area contributed by atoms with Crippen molar-refractivity contribution in [2.24, 2.45) is 0 Å². The van der Waals surface area contributed by atoms with Gasteiger partial charge in [-0.1, -0.05) is 6.07 Å². The van der Waals surface area contributed by atoms with Gasteiger partial charge in [0, 0.05) is 59.9 Å². The molecule has 0 fully saturated rings. The van der Waals surface area contributed by atoms with E-state index in [0.717, 1.165) is 39.2 Å². The highest BCUT2D eigenvalue weighted by atomic mass is 16.2. The first-order valence-electron chi connectivity index (χ1n) is 9.07. The highest BCUT2D eigenvalue weighted by molar-refractivity contribution is 5.77. The van der Waals surface area contributed by atoms with Gasteiger partial charge in [0.25, 0.3) is 0 Å². The molecule has 29 heavy (non-hydrogen) atoms. The number of carbonyl (C=O) groups is 1. The lowest BCUT2D eigenvalue weighted by Crippen LogP contribution is -2.28. The minimum atomic E-state index is -0.320. The summed E-state index contributed by atoms with van der Waals surface area (Å²) in [7, 11) is 0. The van der Waals surface area contributed by atoms with Crippen LogP contribution < -0.4 is 5.32 Å². The summed E-state index contributed by atoms with van der Waals surface area (Å²) in [6.45, 7) is 4.31. The molecule has 144 valence electrons. The molecule has 0 aliphatic carbocycles. The van der Waals surface area contributed by atoms with Crippen LogP contribution in [0.5, 0.6) is 0 Å². The van der Waals surface area contributed by atoms with Crippen LogP contribution in [-0.4, -0.2) is 35.7 Å². The van der Waals surface area contributed by atoms with Gasteiger partial charge in [0.15, 0.2) is 0 Å². The second-order valence-corrected chi connectivity index (χ2v) is 6.65. The van der Waals surface area contributed by atoms with E-state index in [-0.39, 0.29) is 6.03 Å². The Morgan fingerprint density at radius 2 is 1.83 bits per heavy atom. The standard InChI is InChI=1S/C21H19N7O/c1-14-5-16(7-25-20(14)17-3-4-24-15(2)6-17)8-26-21(29)28-12-19(11-27-28)18-9-22-13-23-10-18/h3-7,9-13H,8H2,1-2H3,(H,26,29). The summed E-state index contributed by atoms with van der Waals surface area (Å²) in [6.07, 6.45) is 11.6. The van der Waals surface area contributed by atoms with Crippen molar-refractivity contribution >= 4 is 6.03 Å². The molecule has 0 aromatic carbocycles. The number of rotatable bonds is 4. The summed E-state index contributed by atoms with van der Waals surface area (Å²) in [5, 5.41) is 6.97. The molecule has 0 saturated carbocycles. The zero-order valence-corrected chi connectivity index (χ0v) is 16.1. The molecule has 0 saturated heterocycles. The van der Waals surface area contributed by atoms with E-state index in [1.807, 2.05) is 32.0 Å². The van der Waals surface area contributed by atoms with Gasteiger partial charge in [0.05, 0.1) is 11.9 Å². The smallest absolute Gasteiger partial charge is 0.332 e. The Morgan fingerprint density at radius 1 is 1.00 bits per heavy atom. The van der Waals surface area contributed by atoms with E-state index < -0.39 is 0 Å². The molecular formula is C21H19N7O. The van der Waals surface area contributed by atoms with Crippen LogP contribution in [0.15, 0.2) is 61.7 Å². The lowest BCUT2D eigenvalue weighted by molar-refractivity contribution is 0.239. The summed E-state index contributed by atoms with van der Waals surface area (Å²) in [6, 6.07) is 5.65. The first-order chi connectivity index (χ1) is 14.1. The van der Waals surface area contributed by atoms with E-state index in [1.54, 1.807) is 37.2 Å². The second-order valence-electron chi connectivity index (χ2n) is 6.65. The number of amides is 1. The molecule has 1 amide bonds. The Hall–Kier alpha value is -3.94. The average Bonchev–Trinajstić information content (AvgIpc) is 3.23. The fourth-order valence-corrected chi connectivity index (χ4v) is 3.01. The molecule has 0 unspecified atom stereocenters. The number of pyridine rings is 2. The number of aryl methyl sites for hydroxylation is 2. The predicted octanol–water partition coefficient (Wildman–Crippen LogP) is 3.17. The van der Waals surface area contributed by atoms with Crippen LogP contribution in [0.2, 0.25) is 0 Å². The minimum Gasteiger partial charge on any atom is -0.332 e. The maximum atomic E-state index is 12.4. The van der Waals surface area contributed by atoms with Gasteiger partial charge in [-0.15, -0.1) is 0 Å². The number of nitrogens with zero attached hydrogens (tertiary/aromatic N) is 6.